The fourth-order valence-corrected chi connectivity index (χ4v) is 6.12. The highest BCUT2D eigenvalue weighted by molar-refractivity contribution is 5.75. The van der Waals surface area contributed by atoms with Gasteiger partial charge in [0.1, 0.15) is 0 Å². The first-order valence-electron chi connectivity index (χ1n) is 9.38. The van der Waals surface area contributed by atoms with Crippen LogP contribution >= 0.6 is 0 Å². The van der Waals surface area contributed by atoms with Crippen molar-refractivity contribution in [2.24, 2.45) is 34.5 Å². The van der Waals surface area contributed by atoms with E-state index in [1.54, 1.807) is 5.57 Å². The maximum atomic E-state index is 12.0. The number of aliphatic carboxylic acids is 1. The van der Waals surface area contributed by atoms with E-state index in [0.29, 0.717) is 12.3 Å². The number of hydrogen-bond acceptors (Lipinski definition) is 2. The Morgan fingerprint density at radius 3 is 2.70 bits per heavy atom. The molecule has 0 spiro atoms. The molecule has 3 aliphatic rings. The number of aliphatic hydroxyl groups excluding tert-OH is 1. The molecule has 0 aromatic carbocycles. The van der Waals surface area contributed by atoms with Crippen molar-refractivity contribution in [2.75, 3.05) is 6.61 Å². The van der Waals surface area contributed by atoms with E-state index in [0.717, 1.165) is 31.1 Å². The lowest BCUT2D eigenvalue weighted by molar-refractivity contribution is -0.171. The van der Waals surface area contributed by atoms with Crippen molar-refractivity contribution in [3.05, 3.63) is 11.6 Å². The highest BCUT2D eigenvalue weighted by Gasteiger charge is 2.59. The molecule has 3 aliphatic carbocycles. The van der Waals surface area contributed by atoms with Crippen LogP contribution in [-0.2, 0) is 4.79 Å². The van der Waals surface area contributed by atoms with Gasteiger partial charge in [0.05, 0.1) is 12.0 Å². The summed E-state index contributed by atoms with van der Waals surface area (Å²) in [4.78, 5) is 12.0. The third-order valence-corrected chi connectivity index (χ3v) is 7.64. The number of carboxylic acids is 1. The zero-order valence-corrected chi connectivity index (χ0v) is 14.8. The van der Waals surface area contributed by atoms with Crippen molar-refractivity contribution in [1.29, 1.82) is 0 Å². The van der Waals surface area contributed by atoms with Crippen LogP contribution in [0.4, 0.5) is 0 Å². The molecule has 2 fully saturated rings. The fraction of sp³-hybridized carbons (Fsp3) is 0.850. The molecule has 23 heavy (non-hydrogen) atoms. The predicted molar refractivity (Wildman–Crippen MR) is 91.0 cm³/mol. The van der Waals surface area contributed by atoms with Gasteiger partial charge in [-0.1, -0.05) is 38.8 Å². The summed E-state index contributed by atoms with van der Waals surface area (Å²) in [5, 5.41) is 19.8. The zero-order chi connectivity index (χ0) is 16.8. The van der Waals surface area contributed by atoms with Gasteiger partial charge in [0.15, 0.2) is 0 Å². The Morgan fingerprint density at radius 2 is 2.09 bits per heavy atom. The van der Waals surface area contributed by atoms with Crippen molar-refractivity contribution >= 4 is 5.97 Å². The second kappa shape index (κ2) is 5.91. The maximum absolute atomic E-state index is 12.0. The molecule has 0 saturated heterocycles. The van der Waals surface area contributed by atoms with Crippen LogP contribution in [0.15, 0.2) is 11.6 Å². The molecule has 0 heterocycles. The normalized spacial score (nSPS) is 43.5. The van der Waals surface area contributed by atoms with Crippen molar-refractivity contribution < 1.29 is 15.0 Å². The second-order valence-corrected chi connectivity index (χ2v) is 8.88. The minimum absolute atomic E-state index is 0.0470. The first-order valence-corrected chi connectivity index (χ1v) is 9.38. The molecule has 130 valence electrons. The Kier molecular flexibility index (Phi) is 4.37. The molecule has 3 heteroatoms. The van der Waals surface area contributed by atoms with Crippen LogP contribution in [0.1, 0.15) is 65.7 Å². The van der Waals surface area contributed by atoms with Crippen LogP contribution in [-0.4, -0.2) is 22.8 Å². The molecule has 0 bridgehead atoms. The average Bonchev–Trinajstić information content (AvgIpc) is 2.52. The monoisotopic (exact) mass is 320 g/mol. The van der Waals surface area contributed by atoms with Gasteiger partial charge in [0.2, 0.25) is 0 Å². The summed E-state index contributed by atoms with van der Waals surface area (Å²) in [5.41, 5.74) is 0.711. The maximum Gasteiger partial charge on any atom is 0.312 e. The predicted octanol–water partition coefficient (Wildman–Crippen LogP) is 4.26. The van der Waals surface area contributed by atoms with Crippen molar-refractivity contribution in [1.82, 2.24) is 0 Å². The van der Waals surface area contributed by atoms with Crippen molar-refractivity contribution in [3.8, 4) is 0 Å². The van der Waals surface area contributed by atoms with Gasteiger partial charge in [0, 0.05) is 0 Å². The number of aliphatic hydroxyl groups is 1. The van der Waals surface area contributed by atoms with Gasteiger partial charge in [-0.15, -0.1) is 0 Å². The largest absolute Gasteiger partial charge is 0.481 e. The first kappa shape index (κ1) is 17.0. The van der Waals surface area contributed by atoms with Crippen molar-refractivity contribution in [2.45, 2.75) is 65.7 Å². The highest BCUT2D eigenvalue weighted by atomic mass is 16.4. The summed E-state index contributed by atoms with van der Waals surface area (Å²) < 4.78 is 0. The van der Waals surface area contributed by atoms with Crippen LogP contribution < -0.4 is 0 Å². The summed E-state index contributed by atoms with van der Waals surface area (Å²) in [6, 6.07) is 0. The molecule has 2 saturated carbocycles. The first-order chi connectivity index (χ1) is 10.8. The lowest BCUT2D eigenvalue weighted by Crippen LogP contribution is -2.56. The molecule has 0 radical (unpaired) electrons. The number of rotatable bonds is 3. The van der Waals surface area contributed by atoms with E-state index in [9.17, 15) is 15.0 Å². The molecule has 2 unspecified atom stereocenters. The standard InChI is InChI=1S/C20H32O3/c1-13(2)14-5-7-16-15(11-14)6-8-17-19(16,3)9-4-10-20(17,12-21)18(22)23/h6,13-14,16-17,21H,4-5,7-12H2,1-3H3,(H,22,23)/t14?,16-,17?,19+,20-/m0/s1. The van der Waals surface area contributed by atoms with Crippen LogP contribution in [0.3, 0.4) is 0 Å². The van der Waals surface area contributed by atoms with E-state index >= 15 is 0 Å². The SMILES string of the molecule is CC(C)C1CC[C@H]2C(=CCC3[C@](CO)(C(=O)O)CCC[C@@]32C)C1. The van der Waals surface area contributed by atoms with Crippen LogP contribution in [0, 0.1) is 34.5 Å². The second-order valence-electron chi connectivity index (χ2n) is 8.88. The quantitative estimate of drug-likeness (QED) is 0.764. The number of carbonyl (C=O) groups is 1. The molecule has 5 atom stereocenters. The Morgan fingerprint density at radius 1 is 1.35 bits per heavy atom. The highest BCUT2D eigenvalue weighted by Crippen LogP contribution is 2.62. The van der Waals surface area contributed by atoms with Crippen LogP contribution in [0.2, 0.25) is 0 Å². The molecular formula is C20H32O3. The summed E-state index contributed by atoms with van der Waals surface area (Å²) in [7, 11) is 0. The summed E-state index contributed by atoms with van der Waals surface area (Å²) >= 11 is 0. The Hall–Kier alpha value is -0.830. The van der Waals surface area contributed by atoms with E-state index < -0.39 is 11.4 Å². The van der Waals surface area contributed by atoms with Gasteiger partial charge in [-0.25, -0.2) is 0 Å². The summed E-state index contributed by atoms with van der Waals surface area (Å²) in [6.07, 6.45) is 9.51. The molecule has 0 aromatic heterocycles. The number of carboxylic acid groups (broad SMARTS) is 1. The van der Waals surface area contributed by atoms with Gasteiger partial charge >= 0.3 is 5.97 Å². The van der Waals surface area contributed by atoms with Crippen LogP contribution in [0.25, 0.3) is 0 Å². The van der Waals surface area contributed by atoms with Gasteiger partial charge in [0.25, 0.3) is 0 Å². The van der Waals surface area contributed by atoms with E-state index in [1.807, 2.05) is 0 Å². The molecule has 2 N–H and O–H groups in total. The fourth-order valence-electron chi connectivity index (χ4n) is 6.12. The summed E-state index contributed by atoms with van der Waals surface area (Å²) in [5.74, 6) is 1.33. The van der Waals surface area contributed by atoms with E-state index in [4.69, 9.17) is 0 Å². The zero-order valence-electron chi connectivity index (χ0n) is 14.8. The van der Waals surface area contributed by atoms with E-state index in [-0.39, 0.29) is 17.9 Å². The molecule has 0 aliphatic heterocycles. The molecule has 0 amide bonds. The third-order valence-electron chi connectivity index (χ3n) is 7.64. The van der Waals surface area contributed by atoms with Gasteiger partial charge in [-0.3, -0.25) is 4.79 Å². The lowest BCUT2D eigenvalue weighted by atomic mass is 9.46. The Bertz CT molecular complexity index is 509. The number of fused-ring (bicyclic) bond motifs is 3. The van der Waals surface area contributed by atoms with Gasteiger partial charge in [-0.05, 0) is 67.6 Å². The molecule has 0 aromatic rings. The van der Waals surface area contributed by atoms with Gasteiger partial charge < -0.3 is 10.2 Å². The van der Waals surface area contributed by atoms with Crippen molar-refractivity contribution in [3.63, 3.8) is 0 Å². The van der Waals surface area contributed by atoms with E-state index in [2.05, 4.69) is 26.8 Å². The molecule has 3 rings (SSSR count). The lowest BCUT2D eigenvalue weighted by Gasteiger charge is -2.58. The average molecular weight is 320 g/mol. The molecular weight excluding hydrogens is 288 g/mol. The third kappa shape index (κ3) is 2.47. The van der Waals surface area contributed by atoms with E-state index in [1.165, 1.54) is 19.3 Å². The minimum atomic E-state index is -0.927. The van der Waals surface area contributed by atoms with Crippen LogP contribution in [0.5, 0.6) is 0 Å². The Balaban J connectivity index is 1.95. The number of allylic oxidation sites excluding steroid dienone is 2. The topological polar surface area (TPSA) is 57.5 Å². The van der Waals surface area contributed by atoms with Gasteiger partial charge in [-0.2, -0.15) is 0 Å². The molecule has 3 nitrogen and oxygen atoms in total. The Labute approximate surface area is 140 Å². The summed E-state index contributed by atoms with van der Waals surface area (Å²) in [6.45, 7) is 6.74. The smallest absolute Gasteiger partial charge is 0.312 e. The number of hydrogen-bond donors (Lipinski definition) is 2. The minimum Gasteiger partial charge on any atom is -0.481 e.